The molecule has 2 aromatic rings. The standard InChI is InChI=1S/C26H30O10S/c1-3-5-25(29)35-17-19(27)15-33-21-7-11-23(12-8-21)37(31,32)24-13-9-22(10-14-24)34-16-20(28)18-36-26(30)6-4-2/h3-14,19-20,27-28H,15-18H2,1-2H3. The van der Waals surface area contributed by atoms with E-state index >= 15 is 0 Å². The highest BCUT2D eigenvalue weighted by molar-refractivity contribution is 7.91. The van der Waals surface area contributed by atoms with Crippen molar-refractivity contribution in [2.24, 2.45) is 0 Å². The van der Waals surface area contributed by atoms with Gasteiger partial charge < -0.3 is 29.2 Å². The maximum absolute atomic E-state index is 12.9. The van der Waals surface area contributed by atoms with Gasteiger partial charge in [-0.3, -0.25) is 0 Å². The van der Waals surface area contributed by atoms with Crippen LogP contribution in [0, 0.1) is 0 Å². The zero-order valence-corrected chi connectivity index (χ0v) is 21.3. The van der Waals surface area contributed by atoms with Crippen LogP contribution >= 0.6 is 0 Å². The lowest BCUT2D eigenvalue weighted by atomic mass is 10.3. The van der Waals surface area contributed by atoms with Gasteiger partial charge in [-0.15, -0.1) is 0 Å². The Kier molecular flexibility index (Phi) is 11.8. The molecule has 0 saturated carbocycles. The molecular formula is C26H30O10S. The Bertz CT molecular complexity index is 1080. The van der Waals surface area contributed by atoms with Gasteiger partial charge in [0.1, 0.15) is 50.1 Å². The van der Waals surface area contributed by atoms with E-state index in [1.54, 1.807) is 13.8 Å². The number of esters is 2. The molecule has 200 valence electrons. The van der Waals surface area contributed by atoms with Crippen molar-refractivity contribution in [2.75, 3.05) is 26.4 Å². The molecule has 0 heterocycles. The maximum atomic E-state index is 12.9. The lowest BCUT2D eigenvalue weighted by molar-refractivity contribution is -0.142. The van der Waals surface area contributed by atoms with Gasteiger partial charge in [0.05, 0.1) is 9.79 Å². The number of sulfone groups is 1. The molecule has 0 saturated heterocycles. The van der Waals surface area contributed by atoms with Gasteiger partial charge in [0.15, 0.2) is 0 Å². The van der Waals surface area contributed by atoms with E-state index < -0.39 is 34.0 Å². The van der Waals surface area contributed by atoms with Crippen LogP contribution in [0.4, 0.5) is 0 Å². The minimum absolute atomic E-state index is 0.0349. The second-order valence-corrected chi connectivity index (χ2v) is 9.59. The van der Waals surface area contributed by atoms with Crippen LogP contribution in [-0.4, -0.2) is 69.2 Å². The third-order valence-corrected chi connectivity index (χ3v) is 6.38. The topological polar surface area (TPSA) is 146 Å². The molecule has 2 aromatic carbocycles. The van der Waals surface area contributed by atoms with E-state index in [0.29, 0.717) is 11.5 Å². The number of hydrogen-bond acceptors (Lipinski definition) is 10. The molecule has 0 spiro atoms. The number of carbonyl (C=O) groups is 2. The van der Waals surface area contributed by atoms with Gasteiger partial charge in [-0.05, 0) is 62.4 Å². The Hall–Kier alpha value is -3.67. The van der Waals surface area contributed by atoms with Crippen LogP contribution in [0.5, 0.6) is 11.5 Å². The van der Waals surface area contributed by atoms with Gasteiger partial charge >= 0.3 is 11.9 Å². The molecule has 0 aromatic heterocycles. The Morgan fingerprint density at radius 1 is 0.703 bits per heavy atom. The number of hydrogen-bond donors (Lipinski definition) is 2. The van der Waals surface area contributed by atoms with E-state index in [9.17, 15) is 28.2 Å². The van der Waals surface area contributed by atoms with E-state index in [0.717, 1.165) is 0 Å². The molecule has 0 aliphatic rings. The minimum atomic E-state index is -3.82. The summed E-state index contributed by atoms with van der Waals surface area (Å²) in [5, 5.41) is 19.7. The van der Waals surface area contributed by atoms with Crippen molar-refractivity contribution in [2.45, 2.75) is 35.8 Å². The summed E-state index contributed by atoms with van der Waals surface area (Å²) < 4.78 is 46.3. The average molecular weight is 535 g/mol. The van der Waals surface area contributed by atoms with Crippen LogP contribution in [-0.2, 0) is 28.9 Å². The molecule has 0 bridgehead atoms. The van der Waals surface area contributed by atoms with Gasteiger partial charge in [-0.1, -0.05) is 12.2 Å². The molecule has 11 heteroatoms. The highest BCUT2D eigenvalue weighted by atomic mass is 32.2. The van der Waals surface area contributed by atoms with E-state index in [1.807, 2.05) is 0 Å². The summed E-state index contributed by atoms with van der Waals surface area (Å²) in [5.74, 6) is -0.486. The minimum Gasteiger partial charge on any atom is -0.491 e. The van der Waals surface area contributed by atoms with Crippen molar-refractivity contribution < 1.29 is 47.2 Å². The predicted molar refractivity (Wildman–Crippen MR) is 133 cm³/mol. The van der Waals surface area contributed by atoms with Crippen LogP contribution in [0.2, 0.25) is 0 Å². The number of aliphatic hydroxyl groups excluding tert-OH is 2. The molecule has 37 heavy (non-hydrogen) atoms. The number of allylic oxidation sites excluding steroid dienone is 2. The summed E-state index contributed by atoms with van der Waals surface area (Å²) in [6.45, 7) is 2.56. The quantitative estimate of drug-likeness (QED) is 0.273. The summed E-state index contributed by atoms with van der Waals surface area (Å²) in [6.07, 6.45) is 3.40. The Labute approximate surface area is 215 Å². The molecule has 0 aliphatic heterocycles. The average Bonchev–Trinajstić information content (AvgIpc) is 2.89. The van der Waals surface area contributed by atoms with Gasteiger partial charge in [0, 0.05) is 12.2 Å². The molecule has 2 atom stereocenters. The molecule has 10 nitrogen and oxygen atoms in total. The van der Waals surface area contributed by atoms with Crippen LogP contribution in [0.1, 0.15) is 13.8 Å². The highest BCUT2D eigenvalue weighted by Gasteiger charge is 2.18. The number of rotatable bonds is 14. The molecule has 2 N–H and O–H groups in total. The Morgan fingerprint density at radius 2 is 1.05 bits per heavy atom. The van der Waals surface area contributed by atoms with E-state index in [2.05, 4.69) is 0 Å². The molecule has 0 aliphatic carbocycles. The fraction of sp³-hybridized carbons (Fsp3) is 0.308. The molecule has 2 unspecified atom stereocenters. The van der Waals surface area contributed by atoms with Crippen molar-refractivity contribution in [3.8, 4) is 11.5 Å². The van der Waals surface area contributed by atoms with Crippen molar-refractivity contribution in [1.29, 1.82) is 0 Å². The first kappa shape index (κ1) is 29.6. The van der Waals surface area contributed by atoms with E-state index in [4.69, 9.17) is 18.9 Å². The molecule has 0 amide bonds. The van der Waals surface area contributed by atoms with Crippen LogP contribution in [0.3, 0.4) is 0 Å². The normalized spacial score (nSPS) is 13.3. The zero-order valence-electron chi connectivity index (χ0n) is 20.5. The monoisotopic (exact) mass is 534 g/mol. The van der Waals surface area contributed by atoms with Gasteiger partial charge in [0.2, 0.25) is 9.84 Å². The van der Waals surface area contributed by atoms with E-state index in [1.165, 1.54) is 72.8 Å². The maximum Gasteiger partial charge on any atom is 0.330 e. The molecular weight excluding hydrogens is 504 g/mol. The third kappa shape index (κ3) is 10.1. The smallest absolute Gasteiger partial charge is 0.330 e. The number of ether oxygens (including phenoxy) is 4. The largest absolute Gasteiger partial charge is 0.491 e. The first-order valence-corrected chi connectivity index (χ1v) is 12.8. The highest BCUT2D eigenvalue weighted by Crippen LogP contribution is 2.25. The van der Waals surface area contributed by atoms with Crippen LogP contribution in [0.15, 0.2) is 82.6 Å². The number of carbonyl (C=O) groups excluding carboxylic acids is 2. The number of aliphatic hydroxyl groups is 2. The summed E-state index contributed by atoms with van der Waals surface area (Å²) in [6, 6.07) is 11.3. The Balaban J connectivity index is 1.88. The second-order valence-electron chi connectivity index (χ2n) is 7.64. The summed E-state index contributed by atoms with van der Waals surface area (Å²) in [5.41, 5.74) is 0. The van der Waals surface area contributed by atoms with Gasteiger partial charge in [-0.25, -0.2) is 18.0 Å². The summed E-state index contributed by atoms with van der Waals surface area (Å²) in [7, 11) is -3.82. The van der Waals surface area contributed by atoms with Gasteiger partial charge in [0.25, 0.3) is 0 Å². The predicted octanol–water partition coefficient (Wildman–Crippen LogP) is 2.24. The van der Waals surface area contributed by atoms with E-state index in [-0.39, 0.29) is 36.2 Å². The van der Waals surface area contributed by atoms with Crippen LogP contribution in [0.25, 0.3) is 0 Å². The lowest BCUT2D eigenvalue weighted by Crippen LogP contribution is -2.24. The SMILES string of the molecule is CC=CC(=O)OCC(O)COc1ccc(S(=O)(=O)c2ccc(OCC(O)COC(=O)C=CC)cc2)cc1. The van der Waals surface area contributed by atoms with Gasteiger partial charge in [-0.2, -0.15) is 0 Å². The van der Waals surface area contributed by atoms with Crippen molar-refractivity contribution in [3.05, 3.63) is 72.8 Å². The summed E-state index contributed by atoms with van der Waals surface area (Å²) in [4.78, 5) is 22.6. The fourth-order valence-electron chi connectivity index (χ4n) is 2.77. The Morgan fingerprint density at radius 3 is 1.38 bits per heavy atom. The molecule has 2 rings (SSSR count). The second kappa shape index (κ2) is 14.8. The third-order valence-electron chi connectivity index (χ3n) is 4.59. The summed E-state index contributed by atoms with van der Waals surface area (Å²) >= 11 is 0. The van der Waals surface area contributed by atoms with Crippen molar-refractivity contribution in [1.82, 2.24) is 0 Å². The zero-order chi connectivity index (χ0) is 27.3. The lowest BCUT2D eigenvalue weighted by Gasteiger charge is -2.13. The van der Waals surface area contributed by atoms with Crippen molar-refractivity contribution >= 4 is 21.8 Å². The first-order chi connectivity index (χ1) is 17.6. The molecule has 0 fully saturated rings. The number of benzene rings is 2. The van der Waals surface area contributed by atoms with Crippen LogP contribution < -0.4 is 9.47 Å². The van der Waals surface area contributed by atoms with Crippen molar-refractivity contribution in [3.63, 3.8) is 0 Å². The molecule has 0 radical (unpaired) electrons. The first-order valence-electron chi connectivity index (χ1n) is 11.3. The fourth-order valence-corrected chi connectivity index (χ4v) is 4.03.